The van der Waals surface area contributed by atoms with Crippen LogP contribution < -0.4 is 10.6 Å². The molecule has 0 bridgehead atoms. The molecule has 0 aliphatic rings. The zero-order chi connectivity index (χ0) is 13.5. The largest absolute Gasteiger partial charge is 0.383 e. The highest BCUT2D eigenvalue weighted by Gasteiger charge is 2.18. The fourth-order valence-electron chi connectivity index (χ4n) is 1.64. The van der Waals surface area contributed by atoms with Crippen LogP contribution in [-0.4, -0.2) is 45.0 Å². The average molecular weight is 273 g/mol. The molecule has 2 atom stereocenters. The van der Waals surface area contributed by atoms with Gasteiger partial charge in [-0.1, -0.05) is 0 Å². The van der Waals surface area contributed by atoms with Crippen LogP contribution in [0.3, 0.4) is 0 Å². The number of thiazole rings is 1. The summed E-state index contributed by atoms with van der Waals surface area (Å²) >= 11 is 1.61. The van der Waals surface area contributed by atoms with E-state index in [9.17, 15) is 0 Å². The van der Waals surface area contributed by atoms with Crippen molar-refractivity contribution in [2.24, 2.45) is 5.73 Å². The summed E-state index contributed by atoms with van der Waals surface area (Å²) in [5.74, 6) is 0. The molecule has 0 aliphatic carbocycles. The average Bonchev–Trinajstić information content (AvgIpc) is 2.79. The molecule has 0 aliphatic heterocycles. The second-order valence-electron chi connectivity index (χ2n) is 4.33. The topological polar surface area (TPSA) is 60.6 Å². The molecule has 1 aromatic rings. The molecule has 0 fully saturated rings. The summed E-state index contributed by atoms with van der Waals surface area (Å²) in [7, 11) is 3.41. The highest BCUT2D eigenvalue weighted by Crippen LogP contribution is 2.24. The van der Waals surface area contributed by atoms with Crippen molar-refractivity contribution in [2.45, 2.75) is 25.9 Å². The molecule has 0 saturated heterocycles. The number of rotatable bonds is 8. The maximum absolute atomic E-state index is 5.84. The van der Waals surface area contributed by atoms with E-state index in [1.165, 1.54) is 0 Å². The van der Waals surface area contributed by atoms with E-state index in [0.29, 0.717) is 13.2 Å². The first kappa shape index (κ1) is 15.4. The Morgan fingerprint density at radius 3 is 2.61 bits per heavy atom. The van der Waals surface area contributed by atoms with E-state index in [1.807, 2.05) is 12.3 Å². The highest BCUT2D eigenvalue weighted by atomic mass is 32.1. The Morgan fingerprint density at radius 2 is 2.11 bits per heavy atom. The van der Waals surface area contributed by atoms with Crippen LogP contribution in [0.15, 0.2) is 5.38 Å². The Kier molecular flexibility index (Phi) is 6.56. The molecule has 5 nitrogen and oxygen atoms in total. The van der Waals surface area contributed by atoms with Crippen LogP contribution in [0, 0.1) is 0 Å². The van der Waals surface area contributed by atoms with Gasteiger partial charge >= 0.3 is 0 Å². The summed E-state index contributed by atoms with van der Waals surface area (Å²) in [6.45, 7) is 6.19. The molecular weight excluding hydrogens is 250 g/mol. The van der Waals surface area contributed by atoms with Gasteiger partial charge in [-0.2, -0.15) is 0 Å². The molecular formula is C12H23N3O2S. The van der Waals surface area contributed by atoms with Gasteiger partial charge in [0.2, 0.25) is 0 Å². The van der Waals surface area contributed by atoms with Crippen LogP contribution in [0.1, 0.15) is 25.6 Å². The Balaban J connectivity index is 2.79. The van der Waals surface area contributed by atoms with Gasteiger partial charge in [0, 0.05) is 32.2 Å². The number of ether oxygens (including phenoxy) is 2. The molecule has 18 heavy (non-hydrogen) atoms. The van der Waals surface area contributed by atoms with E-state index in [1.54, 1.807) is 25.6 Å². The third kappa shape index (κ3) is 4.20. The molecule has 0 spiro atoms. The minimum Gasteiger partial charge on any atom is -0.383 e. The van der Waals surface area contributed by atoms with Gasteiger partial charge in [-0.3, -0.25) is 0 Å². The van der Waals surface area contributed by atoms with Gasteiger partial charge < -0.3 is 20.1 Å². The van der Waals surface area contributed by atoms with Crippen molar-refractivity contribution in [2.75, 3.05) is 38.9 Å². The van der Waals surface area contributed by atoms with Gasteiger partial charge in [0.05, 0.1) is 24.9 Å². The lowest BCUT2D eigenvalue weighted by Gasteiger charge is -2.28. The Bertz CT molecular complexity index is 344. The van der Waals surface area contributed by atoms with Crippen molar-refractivity contribution in [3.63, 3.8) is 0 Å². The zero-order valence-corrected chi connectivity index (χ0v) is 12.4. The molecule has 0 aromatic carbocycles. The lowest BCUT2D eigenvalue weighted by atomic mass is 10.3. The summed E-state index contributed by atoms with van der Waals surface area (Å²) in [4.78, 5) is 6.77. The molecule has 1 heterocycles. The van der Waals surface area contributed by atoms with E-state index in [0.717, 1.165) is 17.4 Å². The number of nitrogens with zero attached hydrogens (tertiary/aromatic N) is 2. The minimum atomic E-state index is -0.0305. The first-order chi connectivity index (χ1) is 8.60. The van der Waals surface area contributed by atoms with Gasteiger partial charge in [-0.15, -0.1) is 11.3 Å². The van der Waals surface area contributed by atoms with Gasteiger partial charge in [0.1, 0.15) is 0 Å². The van der Waals surface area contributed by atoms with Crippen LogP contribution in [-0.2, 0) is 9.47 Å². The highest BCUT2D eigenvalue weighted by molar-refractivity contribution is 7.13. The van der Waals surface area contributed by atoms with Gasteiger partial charge in [0.25, 0.3) is 0 Å². The van der Waals surface area contributed by atoms with Crippen molar-refractivity contribution in [1.82, 2.24) is 4.98 Å². The first-order valence-corrected chi connectivity index (χ1v) is 6.93. The second kappa shape index (κ2) is 7.68. The monoisotopic (exact) mass is 273 g/mol. The van der Waals surface area contributed by atoms with E-state index in [4.69, 9.17) is 15.2 Å². The van der Waals surface area contributed by atoms with Crippen LogP contribution >= 0.6 is 11.3 Å². The number of anilines is 1. The molecule has 2 N–H and O–H groups in total. The predicted octanol–water partition coefficient (Wildman–Crippen LogP) is 1.65. The summed E-state index contributed by atoms with van der Waals surface area (Å²) < 4.78 is 10.4. The maximum Gasteiger partial charge on any atom is 0.185 e. The quantitative estimate of drug-likeness (QED) is 0.780. The minimum absolute atomic E-state index is 0.0305. The standard InChI is InChI=1S/C12H23N3O2S/c1-9(7-17-4)15(5-6-16-3)12-14-11(8-18-12)10(2)13/h8-10H,5-7,13H2,1-4H3. The fraction of sp³-hybridized carbons (Fsp3) is 0.750. The molecule has 0 saturated carbocycles. The number of nitrogens with two attached hydrogens (primary N) is 1. The smallest absolute Gasteiger partial charge is 0.185 e. The zero-order valence-electron chi connectivity index (χ0n) is 11.5. The first-order valence-electron chi connectivity index (χ1n) is 6.05. The third-order valence-electron chi connectivity index (χ3n) is 2.70. The predicted molar refractivity (Wildman–Crippen MR) is 75.3 cm³/mol. The molecule has 1 rings (SSSR count). The van der Waals surface area contributed by atoms with Crippen molar-refractivity contribution >= 4 is 16.5 Å². The van der Waals surface area contributed by atoms with E-state index in [-0.39, 0.29) is 12.1 Å². The SMILES string of the molecule is COCCN(c1nc(C(C)N)cs1)C(C)COC. The van der Waals surface area contributed by atoms with Crippen LogP contribution in [0.4, 0.5) is 5.13 Å². The molecule has 0 radical (unpaired) electrons. The Morgan fingerprint density at radius 1 is 1.39 bits per heavy atom. The van der Waals surface area contributed by atoms with Crippen LogP contribution in [0.25, 0.3) is 0 Å². The number of hydrogen-bond donors (Lipinski definition) is 1. The Labute approximate surface area is 113 Å². The van der Waals surface area contributed by atoms with Gasteiger partial charge in [-0.05, 0) is 13.8 Å². The number of hydrogen-bond acceptors (Lipinski definition) is 6. The van der Waals surface area contributed by atoms with E-state index < -0.39 is 0 Å². The summed E-state index contributed by atoms with van der Waals surface area (Å²) in [6, 6.07) is 0.231. The number of methoxy groups -OCH3 is 2. The van der Waals surface area contributed by atoms with E-state index >= 15 is 0 Å². The molecule has 1 aromatic heterocycles. The fourth-order valence-corrected chi connectivity index (χ4v) is 2.70. The van der Waals surface area contributed by atoms with Crippen molar-refractivity contribution in [3.05, 3.63) is 11.1 Å². The van der Waals surface area contributed by atoms with Crippen LogP contribution in [0.2, 0.25) is 0 Å². The van der Waals surface area contributed by atoms with Gasteiger partial charge in [0.15, 0.2) is 5.13 Å². The number of aromatic nitrogens is 1. The maximum atomic E-state index is 5.84. The molecule has 104 valence electrons. The molecule has 2 unspecified atom stereocenters. The van der Waals surface area contributed by atoms with Gasteiger partial charge in [-0.25, -0.2) is 4.98 Å². The third-order valence-corrected chi connectivity index (χ3v) is 3.59. The lowest BCUT2D eigenvalue weighted by Crippen LogP contribution is -2.38. The normalized spacial score (nSPS) is 14.5. The van der Waals surface area contributed by atoms with Crippen molar-refractivity contribution in [3.8, 4) is 0 Å². The summed E-state index contributed by atoms with van der Waals surface area (Å²) in [6.07, 6.45) is 0. The summed E-state index contributed by atoms with van der Waals surface area (Å²) in [5.41, 5.74) is 6.77. The lowest BCUT2D eigenvalue weighted by molar-refractivity contribution is 0.171. The van der Waals surface area contributed by atoms with Crippen LogP contribution in [0.5, 0.6) is 0 Å². The summed E-state index contributed by atoms with van der Waals surface area (Å²) in [5, 5.41) is 2.99. The second-order valence-corrected chi connectivity index (χ2v) is 5.17. The van der Waals surface area contributed by atoms with E-state index in [2.05, 4.69) is 16.8 Å². The van der Waals surface area contributed by atoms with Crippen molar-refractivity contribution in [1.29, 1.82) is 0 Å². The molecule has 6 heteroatoms. The Hall–Kier alpha value is -0.690. The molecule has 0 amide bonds. The van der Waals surface area contributed by atoms with Crippen molar-refractivity contribution < 1.29 is 9.47 Å².